The number of fused-ring (bicyclic) bond motifs is 3. The largest absolute Gasteiger partial charge is 0.508 e. The van der Waals surface area contributed by atoms with Crippen LogP contribution in [0, 0.1) is 16.7 Å². The van der Waals surface area contributed by atoms with E-state index in [4.69, 9.17) is 20.1 Å². The van der Waals surface area contributed by atoms with Crippen LogP contribution in [0.2, 0.25) is 0 Å². The molecule has 11 nitrogen and oxygen atoms in total. The lowest BCUT2D eigenvalue weighted by molar-refractivity contribution is -0.165. The number of aromatic nitrogens is 1. The van der Waals surface area contributed by atoms with E-state index < -0.39 is 18.2 Å². The summed E-state index contributed by atoms with van der Waals surface area (Å²) in [6.45, 7) is 8.93. The monoisotopic (exact) mass is 649 g/mol. The molecule has 0 spiro atoms. The first-order valence-corrected chi connectivity index (χ1v) is 16.4. The molecule has 3 aliphatic rings. The number of hydrogen-bond donors (Lipinski definition) is 6. The molecule has 254 valence electrons. The second-order valence-electron chi connectivity index (χ2n) is 14.2. The van der Waals surface area contributed by atoms with Crippen molar-refractivity contribution in [1.82, 2.24) is 15.2 Å². The highest BCUT2D eigenvalue weighted by Gasteiger charge is 2.63. The van der Waals surface area contributed by atoms with Crippen molar-refractivity contribution in [2.24, 2.45) is 16.7 Å². The normalized spacial score (nSPS) is 25.6. The first kappa shape index (κ1) is 34.1. The summed E-state index contributed by atoms with van der Waals surface area (Å²) >= 11 is 0. The zero-order valence-corrected chi connectivity index (χ0v) is 27.5. The van der Waals surface area contributed by atoms with Gasteiger partial charge in [0, 0.05) is 35.5 Å². The number of carbonyl (C=O) groups excluding carboxylic acids is 3. The molecule has 2 heterocycles. The number of phenolic OH excluding ortho intramolecular Hbond substituents is 3. The van der Waals surface area contributed by atoms with Gasteiger partial charge in [0.1, 0.15) is 23.9 Å². The minimum atomic E-state index is -0.818. The summed E-state index contributed by atoms with van der Waals surface area (Å²) in [5, 5.41) is 40.4. The number of aliphatic hydroxyl groups excluding tert-OH is 1. The highest BCUT2D eigenvalue weighted by atomic mass is 16.5. The van der Waals surface area contributed by atoms with Crippen LogP contribution in [0.1, 0.15) is 70.9 Å². The van der Waals surface area contributed by atoms with Gasteiger partial charge in [-0.2, -0.15) is 0 Å². The minimum Gasteiger partial charge on any atom is -0.508 e. The van der Waals surface area contributed by atoms with E-state index in [2.05, 4.69) is 31.1 Å². The third kappa shape index (κ3) is 6.76. The molecule has 6 rings (SSSR count). The first-order chi connectivity index (χ1) is 22.2. The molecule has 3 aromatic rings. The van der Waals surface area contributed by atoms with Crippen LogP contribution in [0.15, 0.2) is 42.6 Å². The minimum absolute atomic E-state index is 0.0384. The molecule has 1 saturated heterocycles. The maximum atomic E-state index is 13.5. The Morgan fingerprint density at radius 3 is 2.49 bits per heavy atom. The van der Waals surface area contributed by atoms with Crippen LogP contribution in [-0.2, 0) is 32.0 Å². The number of H-pyrrole nitrogens is 1. The summed E-state index contributed by atoms with van der Waals surface area (Å²) in [5.41, 5.74) is 2.54. The van der Waals surface area contributed by atoms with Gasteiger partial charge in [-0.05, 0) is 98.2 Å². The second-order valence-corrected chi connectivity index (χ2v) is 14.2. The number of nitrogens with zero attached hydrogens (tertiary/aromatic N) is 1. The Balaban J connectivity index is 0.000000305. The lowest BCUT2D eigenvalue weighted by Crippen LogP contribution is -2.52. The molecule has 2 saturated carbocycles. The van der Waals surface area contributed by atoms with Crippen molar-refractivity contribution in [1.29, 1.82) is 0 Å². The number of carbonyl (C=O) groups is 3. The molecule has 1 aromatic heterocycles. The molecule has 2 bridgehead atoms. The molecule has 6 unspecified atom stereocenters. The molecule has 47 heavy (non-hydrogen) atoms. The third-order valence-electron chi connectivity index (χ3n) is 11.1. The van der Waals surface area contributed by atoms with Crippen molar-refractivity contribution in [3.63, 3.8) is 0 Å². The van der Waals surface area contributed by atoms with E-state index in [0.29, 0.717) is 31.7 Å². The van der Waals surface area contributed by atoms with Crippen molar-refractivity contribution in [2.75, 3.05) is 6.54 Å². The van der Waals surface area contributed by atoms with Crippen LogP contribution in [0.4, 0.5) is 0 Å². The van der Waals surface area contributed by atoms with Crippen molar-refractivity contribution in [3.8, 4) is 17.2 Å². The average molecular weight is 650 g/mol. The van der Waals surface area contributed by atoms with E-state index in [1.165, 1.54) is 18.6 Å². The first-order valence-electron chi connectivity index (χ1n) is 16.4. The Morgan fingerprint density at radius 2 is 1.85 bits per heavy atom. The Kier molecular flexibility index (Phi) is 9.77. The van der Waals surface area contributed by atoms with Crippen LogP contribution in [0.25, 0.3) is 10.9 Å². The molecule has 2 aliphatic carbocycles. The number of hydrogen-bond acceptors (Lipinski definition) is 8. The lowest BCUT2D eigenvalue weighted by Gasteiger charge is -2.39. The number of ether oxygens (including phenoxy) is 1. The summed E-state index contributed by atoms with van der Waals surface area (Å²) in [5.74, 6) is -0.205. The van der Waals surface area contributed by atoms with Crippen LogP contribution >= 0.6 is 0 Å². The topological polar surface area (TPSA) is 172 Å². The molecular weight excluding hydrogens is 602 g/mol. The molecular formula is C36H47N3O8. The number of aromatic amines is 1. The van der Waals surface area contributed by atoms with Gasteiger partial charge in [0.15, 0.2) is 11.5 Å². The molecule has 3 fully saturated rings. The number of amides is 2. The number of phenols is 3. The fraction of sp³-hybridized carbons (Fsp3) is 0.528. The quantitative estimate of drug-likeness (QED) is 0.113. The maximum absolute atomic E-state index is 13.5. The van der Waals surface area contributed by atoms with Gasteiger partial charge < -0.3 is 40.4 Å². The fourth-order valence-corrected chi connectivity index (χ4v) is 7.89. The van der Waals surface area contributed by atoms with Gasteiger partial charge in [0.25, 0.3) is 0 Å². The summed E-state index contributed by atoms with van der Waals surface area (Å²) in [6.07, 6.45) is 6.88. The van der Waals surface area contributed by atoms with Gasteiger partial charge >= 0.3 is 5.97 Å². The Morgan fingerprint density at radius 1 is 1.09 bits per heavy atom. The number of rotatable bonds is 9. The van der Waals surface area contributed by atoms with Gasteiger partial charge in [0.05, 0.1) is 6.10 Å². The average Bonchev–Trinajstić information content (AvgIpc) is 3.75. The molecule has 6 N–H and O–H groups in total. The summed E-state index contributed by atoms with van der Waals surface area (Å²) in [7, 11) is 0. The van der Waals surface area contributed by atoms with Crippen molar-refractivity contribution >= 4 is 29.2 Å². The Bertz CT molecular complexity index is 1620. The van der Waals surface area contributed by atoms with Crippen molar-refractivity contribution in [3.05, 3.63) is 53.7 Å². The highest BCUT2D eigenvalue weighted by Crippen LogP contribution is 2.66. The highest BCUT2D eigenvalue weighted by molar-refractivity contribution is 5.91. The molecule has 11 heteroatoms. The van der Waals surface area contributed by atoms with E-state index in [-0.39, 0.29) is 52.5 Å². The van der Waals surface area contributed by atoms with Gasteiger partial charge in [-0.3, -0.25) is 9.59 Å². The van der Waals surface area contributed by atoms with Crippen LogP contribution in [0.5, 0.6) is 17.2 Å². The third-order valence-corrected chi connectivity index (χ3v) is 11.1. The van der Waals surface area contributed by atoms with Gasteiger partial charge in [-0.15, -0.1) is 0 Å². The van der Waals surface area contributed by atoms with Gasteiger partial charge in [0.2, 0.25) is 12.3 Å². The number of aliphatic hydroxyl groups is 1. The summed E-state index contributed by atoms with van der Waals surface area (Å²) < 4.78 is 6.11. The number of nitrogens with one attached hydrogen (secondary N) is 2. The smallest absolute Gasteiger partial charge is 0.329 e. The maximum Gasteiger partial charge on any atom is 0.329 e. The van der Waals surface area contributed by atoms with Crippen molar-refractivity contribution < 1.29 is 39.5 Å². The molecule has 2 amide bonds. The predicted octanol–water partition coefficient (Wildman–Crippen LogP) is 4.30. The van der Waals surface area contributed by atoms with E-state index >= 15 is 0 Å². The Hall–Kier alpha value is -4.25. The molecule has 6 atom stereocenters. The predicted molar refractivity (Wildman–Crippen MR) is 176 cm³/mol. The van der Waals surface area contributed by atoms with Crippen LogP contribution in [0.3, 0.4) is 0 Å². The zero-order valence-electron chi connectivity index (χ0n) is 27.5. The lowest BCUT2D eigenvalue weighted by atomic mass is 9.70. The summed E-state index contributed by atoms with van der Waals surface area (Å²) in [6, 6.07) is 8.07. The van der Waals surface area contributed by atoms with Gasteiger partial charge in [-0.25, -0.2) is 4.79 Å². The van der Waals surface area contributed by atoms with Crippen molar-refractivity contribution in [2.45, 2.75) is 96.9 Å². The standard InChI is InChI=1S/C27H35N3O5.C9H12O3/c1-26(2)17-8-9-27(26,3)23(12-17)35-25(34)22-5-4-10-30(22)24(33)21(29-15-31)11-16-14-28-20-7-6-18(32)13-19(16)20;1-6(10)4-7-2-3-8(11)9(12)5-7/h6-7,13-15,17,21-23,28,32H,4-5,8-12H2,1-3H3,(H,29,31);2-3,5-6,10-12H,4H2,1H3. The number of benzene rings is 2. The van der Waals surface area contributed by atoms with E-state index in [9.17, 15) is 19.5 Å². The van der Waals surface area contributed by atoms with Crippen LogP contribution in [-0.4, -0.2) is 79.4 Å². The van der Waals surface area contributed by atoms with E-state index in [1.54, 1.807) is 42.3 Å². The summed E-state index contributed by atoms with van der Waals surface area (Å²) in [4.78, 5) is 43.0. The molecule has 2 aromatic carbocycles. The Labute approximate surface area is 274 Å². The fourth-order valence-electron chi connectivity index (χ4n) is 7.89. The van der Waals surface area contributed by atoms with E-state index in [1.807, 2.05) is 0 Å². The molecule has 1 aliphatic heterocycles. The second kappa shape index (κ2) is 13.5. The van der Waals surface area contributed by atoms with Gasteiger partial charge in [-0.1, -0.05) is 26.8 Å². The number of likely N-dealkylation sites (tertiary alicyclic amines) is 1. The SMILES string of the molecule is CC(O)Cc1ccc(O)c(O)c1.CC1(C)C2CCC1(C)C(OC(=O)C1CCCN1C(=O)C(Cc1c[nH]c3ccc(O)cc13)NC=O)C2. The molecule has 0 radical (unpaired) electrons. The zero-order chi connectivity index (χ0) is 34.1. The van der Waals surface area contributed by atoms with Crippen LogP contribution < -0.4 is 5.32 Å². The number of esters is 1. The van der Waals surface area contributed by atoms with E-state index in [0.717, 1.165) is 41.3 Å². The number of aromatic hydroxyl groups is 3.